The van der Waals surface area contributed by atoms with Gasteiger partial charge in [0.1, 0.15) is 0 Å². The van der Waals surface area contributed by atoms with Gasteiger partial charge in [0.25, 0.3) is 5.69 Å². The van der Waals surface area contributed by atoms with Gasteiger partial charge in [-0.1, -0.05) is 15.9 Å². The van der Waals surface area contributed by atoms with Gasteiger partial charge in [-0.05, 0) is 36.8 Å². The molecule has 0 radical (unpaired) electrons. The maximum atomic E-state index is 11.8. The number of hydrogen-bond acceptors (Lipinski definition) is 3. The first-order valence-electron chi connectivity index (χ1n) is 6.50. The van der Waals surface area contributed by atoms with Crippen molar-refractivity contribution in [2.45, 2.75) is 6.92 Å². The number of benzene rings is 1. The summed E-state index contributed by atoms with van der Waals surface area (Å²) < 4.78 is 1.37. The van der Waals surface area contributed by atoms with Crippen molar-refractivity contribution in [2.75, 3.05) is 11.9 Å². The monoisotopic (exact) mass is 363 g/mol. The van der Waals surface area contributed by atoms with Gasteiger partial charge in [-0.25, -0.2) is 0 Å². The molecule has 0 aliphatic heterocycles. The number of carbonyl (C=O) groups is 2. The normalized spacial score (nSPS) is 10.1. The molecule has 1 heterocycles. The van der Waals surface area contributed by atoms with Crippen LogP contribution in [0.3, 0.4) is 0 Å². The molecule has 0 bridgehead atoms. The van der Waals surface area contributed by atoms with Crippen LogP contribution in [0.4, 0.5) is 5.69 Å². The van der Waals surface area contributed by atoms with E-state index in [1.165, 1.54) is 18.3 Å². The number of hydrogen-bond donors (Lipinski definition) is 2. The number of nitrogens with zero attached hydrogens (tertiary/aromatic N) is 1. The van der Waals surface area contributed by atoms with E-state index in [4.69, 9.17) is 0 Å². The maximum Gasteiger partial charge on any atom is 0.317 e. The van der Waals surface area contributed by atoms with Crippen molar-refractivity contribution >= 4 is 33.4 Å². The number of halogens is 1. The van der Waals surface area contributed by atoms with Crippen LogP contribution in [-0.2, 0) is 4.79 Å². The summed E-state index contributed by atoms with van der Waals surface area (Å²) in [6.07, 6.45) is 1.22. The highest BCUT2D eigenvalue weighted by Crippen LogP contribution is 2.19. The number of anilines is 1. The van der Waals surface area contributed by atoms with E-state index in [0.717, 1.165) is 10.0 Å². The molecule has 0 aliphatic rings. The average Bonchev–Trinajstić information content (AvgIpc) is 2.48. The highest BCUT2D eigenvalue weighted by molar-refractivity contribution is 9.10. The van der Waals surface area contributed by atoms with E-state index in [0.29, 0.717) is 10.4 Å². The van der Waals surface area contributed by atoms with Crippen molar-refractivity contribution < 1.29 is 14.3 Å². The van der Waals surface area contributed by atoms with Crippen molar-refractivity contribution in [3.63, 3.8) is 0 Å². The highest BCUT2D eigenvalue weighted by Gasteiger charge is 2.15. The van der Waals surface area contributed by atoms with Gasteiger partial charge in [-0.3, -0.25) is 9.59 Å². The second kappa shape index (κ2) is 7.04. The van der Waals surface area contributed by atoms with Crippen LogP contribution in [0.1, 0.15) is 16.1 Å². The highest BCUT2D eigenvalue weighted by atomic mass is 79.9. The average molecular weight is 364 g/mol. The van der Waals surface area contributed by atoms with Gasteiger partial charge in [0, 0.05) is 22.3 Å². The molecule has 114 valence electrons. The fraction of sp³-hybridized carbons (Fsp3) is 0.133. The van der Waals surface area contributed by atoms with E-state index in [2.05, 4.69) is 26.6 Å². The van der Waals surface area contributed by atoms with E-state index in [9.17, 15) is 14.8 Å². The predicted octanol–water partition coefficient (Wildman–Crippen LogP) is 1.76. The fourth-order valence-electron chi connectivity index (χ4n) is 1.82. The lowest BCUT2D eigenvalue weighted by molar-refractivity contribution is -0.607. The number of rotatable bonds is 4. The van der Waals surface area contributed by atoms with E-state index in [1.807, 2.05) is 19.1 Å². The van der Waals surface area contributed by atoms with Gasteiger partial charge in [-0.15, -0.1) is 0 Å². The topological polar surface area (TPSA) is 85.1 Å². The van der Waals surface area contributed by atoms with Crippen LogP contribution in [0, 0.1) is 12.1 Å². The molecule has 0 fully saturated rings. The second-order valence-electron chi connectivity index (χ2n) is 4.60. The Labute approximate surface area is 135 Å². The molecular weight excluding hydrogens is 350 g/mol. The Morgan fingerprint density at radius 3 is 2.73 bits per heavy atom. The van der Waals surface area contributed by atoms with Crippen LogP contribution in [0.5, 0.6) is 0 Å². The zero-order chi connectivity index (χ0) is 16.1. The van der Waals surface area contributed by atoms with Gasteiger partial charge >= 0.3 is 5.91 Å². The van der Waals surface area contributed by atoms with E-state index >= 15 is 0 Å². The summed E-state index contributed by atoms with van der Waals surface area (Å²) in [5.41, 5.74) is 1.51. The lowest BCUT2D eigenvalue weighted by Crippen LogP contribution is -2.41. The lowest BCUT2D eigenvalue weighted by atomic mass is 10.2. The van der Waals surface area contributed by atoms with Gasteiger partial charge in [0.05, 0.1) is 6.54 Å². The zero-order valence-electron chi connectivity index (χ0n) is 11.8. The predicted molar refractivity (Wildman–Crippen MR) is 85.2 cm³/mol. The van der Waals surface area contributed by atoms with E-state index in [-0.39, 0.29) is 18.1 Å². The largest absolute Gasteiger partial charge is 0.618 e. The lowest BCUT2D eigenvalue weighted by Gasteiger charge is -2.09. The first-order valence-corrected chi connectivity index (χ1v) is 7.29. The molecule has 1 aromatic carbocycles. The number of carbonyl (C=O) groups excluding carboxylic acids is 2. The third-order valence-corrected chi connectivity index (χ3v) is 3.42. The Morgan fingerprint density at radius 1 is 1.27 bits per heavy atom. The first-order chi connectivity index (χ1) is 10.5. The molecule has 0 atom stereocenters. The number of aromatic nitrogens is 1. The molecular formula is C15H14BrN3O3. The SMILES string of the molecule is Cc1cc(Br)ccc1NC(=O)CNC(=O)c1cccc[n+]1[O-]. The zero-order valence-corrected chi connectivity index (χ0v) is 13.4. The summed E-state index contributed by atoms with van der Waals surface area (Å²) in [6.45, 7) is 1.65. The van der Waals surface area contributed by atoms with Crippen molar-refractivity contribution in [2.24, 2.45) is 0 Å². The molecule has 7 heteroatoms. The second-order valence-corrected chi connectivity index (χ2v) is 5.52. The van der Waals surface area contributed by atoms with Crippen LogP contribution in [0.15, 0.2) is 47.1 Å². The summed E-state index contributed by atoms with van der Waals surface area (Å²) in [5.74, 6) is -0.967. The number of aryl methyl sites for hydroxylation is 1. The first kappa shape index (κ1) is 16.0. The molecule has 1 aromatic heterocycles. The fourth-order valence-corrected chi connectivity index (χ4v) is 2.29. The number of pyridine rings is 1. The van der Waals surface area contributed by atoms with Crippen LogP contribution < -0.4 is 15.4 Å². The third kappa shape index (κ3) is 4.05. The Hall–Kier alpha value is -2.41. The van der Waals surface area contributed by atoms with Crippen molar-refractivity contribution in [1.29, 1.82) is 0 Å². The Kier molecular flexibility index (Phi) is 5.11. The molecule has 0 unspecified atom stereocenters. The molecule has 0 saturated carbocycles. The molecule has 0 saturated heterocycles. The van der Waals surface area contributed by atoms with Crippen molar-refractivity contribution in [3.05, 3.63) is 63.5 Å². The van der Waals surface area contributed by atoms with E-state index < -0.39 is 5.91 Å². The van der Waals surface area contributed by atoms with Gasteiger partial charge in [0.15, 0.2) is 6.20 Å². The van der Waals surface area contributed by atoms with Crippen LogP contribution in [0.2, 0.25) is 0 Å². The van der Waals surface area contributed by atoms with Crippen LogP contribution in [0.25, 0.3) is 0 Å². The Morgan fingerprint density at radius 2 is 2.05 bits per heavy atom. The van der Waals surface area contributed by atoms with Crippen molar-refractivity contribution in [1.82, 2.24) is 5.32 Å². The number of amides is 2. The summed E-state index contributed by atoms with van der Waals surface area (Å²) in [4.78, 5) is 23.7. The van der Waals surface area contributed by atoms with Crippen molar-refractivity contribution in [3.8, 4) is 0 Å². The molecule has 2 amide bonds. The molecule has 2 rings (SSSR count). The summed E-state index contributed by atoms with van der Waals surface area (Å²) in [5, 5.41) is 16.5. The molecule has 6 nitrogen and oxygen atoms in total. The standard InChI is InChI=1S/C15H14BrN3O3/c1-10-8-11(16)5-6-12(10)18-14(20)9-17-15(21)13-4-2-3-7-19(13)22/h2-8H,9H2,1H3,(H,17,21)(H,18,20). The Balaban J connectivity index is 1.93. The molecule has 0 aliphatic carbocycles. The van der Waals surface area contributed by atoms with Gasteiger partial charge in [-0.2, -0.15) is 4.73 Å². The van der Waals surface area contributed by atoms with Gasteiger partial charge in [0.2, 0.25) is 5.91 Å². The minimum absolute atomic E-state index is 0.0601. The summed E-state index contributed by atoms with van der Waals surface area (Å²) in [6, 6.07) is 9.94. The summed E-state index contributed by atoms with van der Waals surface area (Å²) >= 11 is 3.34. The Bertz CT molecular complexity index is 719. The summed E-state index contributed by atoms with van der Waals surface area (Å²) in [7, 11) is 0. The maximum absolute atomic E-state index is 11.8. The molecule has 2 aromatic rings. The third-order valence-electron chi connectivity index (χ3n) is 2.93. The quantitative estimate of drug-likeness (QED) is 0.641. The molecule has 2 N–H and O–H groups in total. The minimum Gasteiger partial charge on any atom is -0.618 e. The minimum atomic E-state index is -0.599. The number of nitrogens with one attached hydrogen (secondary N) is 2. The van der Waals surface area contributed by atoms with Crippen LogP contribution in [-0.4, -0.2) is 18.4 Å². The van der Waals surface area contributed by atoms with Crippen LogP contribution >= 0.6 is 15.9 Å². The van der Waals surface area contributed by atoms with E-state index in [1.54, 1.807) is 12.1 Å². The smallest absolute Gasteiger partial charge is 0.317 e. The molecule has 0 spiro atoms. The van der Waals surface area contributed by atoms with Gasteiger partial charge < -0.3 is 15.8 Å². The molecule has 22 heavy (non-hydrogen) atoms.